The molecule has 1 aromatic carbocycles. The fraction of sp³-hybridized carbons (Fsp3) is 0.538. The Morgan fingerprint density at radius 2 is 2.16 bits per heavy atom. The molecule has 1 aromatic rings. The van der Waals surface area contributed by atoms with Crippen molar-refractivity contribution in [1.29, 1.82) is 0 Å². The summed E-state index contributed by atoms with van der Waals surface area (Å²) in [6, 6.07) is 5.31. The second-order valence-electron chi connectivity index (χ2n) is 4.87. The van der Waals surface area contributed by atoms with Gasteiger partial charge in [-0.05, 0) is 45.0 Å². The lowest BCUT2D eigenvalue weighted by molar-refractivity contribution is -0.383. The molecule has 0 aliphatic carbocycles. The lowest BCUT2D eigenvalue weighted by Gasteiger charge is -2.24. The topological polar surface area (TPSA) is 58.4 Å². The van der Waals surface area contributed by atoms with Gasteiger partial charge < -0.3 is 5.32 Å². The quantitative estimate of drug-likeness (QED) is 0.666. The number of nitro benzene ring substituents is 1. The number of halogens is 1. The van der Waals surface area contributed by atoms with Gasteiger partial charge in [0.2, 0.25) is 0 Å². The van der Waals surface area contributed by atoms with Crippen LogP contribution in [0, 0.1) is 10.1 Å². The molecule has 1 fully saturated rings. The summed E-state index contributed by atoms with van der Waals surface area (Å²) in [5.41, 5.74) is 0.446. The summed E-state index contributed by atoms with van der Waals surface area (Å²) in [5, 5.41) is 14.3. The molecule has 104 valence electrons. The monoisotopic (exact) mass is 283 g/mol. The van der Waals surface area contributed by atoms with Crippen LogP contribution in [-0.2, 0) is 0 Å². The molecule has 0 saturated carbocycles. The van der Waals surface area contributed by atoms with E-state index in [2.05, 4.69) is 17.1 Å². The molecule has 19 heavy (non-hydrogen) atoms. The zero-order valence-corrected chi connectivity index (χ0v) is 11.7. The molecular formula is C13H18ClN3O2. The molecule has 1 aliphatic rings. The maximum Gasteiger partial charge on any atom is 0.310 e. The molecule has 0 radical (unpaired) electrons. The van der Waals surface area contributed by atoms with Gasteiger partial charge in [0.1, 0.15) is 10.7 Å². The Bertz CT molecular complexity index is 461. The first-order valence-corrected chi connectivity index (χ1v) is 6.88. The van der Waals surface area contributed by atoms with Crippen molar-refractivity contribution >= 4 is 23.0 Å². The number of nitro groups is 1. The predicted molar refractivity (Wildman–Crippen MR) is 76.9 cm³/mol. The van der Waals surface area contributed by atoms with E-state index >= 15 is 0 Å². The summed E-state index contributed by atoms with van der Waals surface area (Å²) < 4.78 is 0. The molecule has 0 aromatic heterocycles. The largest absolute Gasteiger partial charge is 0.378 e. The van der Waals surface area contributed by atoms with Gasteiger partial charge in [0.15, 0.2) is 0 Å². The van der Waals surface area contributed by atoms with Crippen molar-refractivity contribution in [3.63, 3.8) is 0 Å². The first-order chi connectivity index (χ1) is 9.09. The van der Waals surface area contributed by atoms with Crippen molar-refractivity contribution in [3.05, 3.63) is 33.3 Å². The van der Waals surface area contributed by atoms with E-state index in [1.54, 1.807) is 12.1 Å². The Kier molecular flexibility index (Phi) is 4.61. The first-order valence-electron chi connectivity index (χ1n) is 6.50. The summed E-state index contributed by atoms with van der Waals surface area (Å²) in [4.78, 5) is 13.0. The van der Waals surface area contributed by atoms with Crippen LogP contribution in [-0.4, -0.2) is 35.5 Å². The maximum atomic E-state index is 11.0. The van der Waals surface area contributed by atoms with Crippen molar-refractivity contribution in [3.8, 4) is 0 Å². The van der Waals surface area contributed by atoms with E-state index in [0.717, 1.165) is 13.1 Å². The SMILES string of the molecule is CC(CNc1cccc(Cl)c1[N+](=O)[O-])N1CCCC1. The van der Waals surface area contributed by atoms with Crippen LogP contribution in [0.1, 0.15) is 19.8 Å². The molecular weight excluding hydrogens is 266 g/mol. The van der Waals surface area contributed by atoms with Crippen LogP contribution in [0.25, 0.3) is 0 Å². The Balaban J connectivity index is 2.02. The zero-order valence-electron chi connectivity index (χ0n) is 10.9. The van der Waals surface area contributed by atoms with E-state index in [1.165, 1.54) is 18.9 Å². The summed E-state index contributed by atoms with van der Waals surface area (Å²) in [7, 11) is 0. The number of nitrogens with zero attached hydrogens (tertiary/aromatic N) is 2. The van der Waals surface area contributed by atoms with Crippen molar-refractivity contribution in [1.82, 2.24) is 4.90 Å². The lowest BCUT2D eigenvalue weighted by Crippen LogP contribution is -2.35. The molecule has 5 nitrogen and oxygen atoms in total. The van der Waals surface area contributed by atoms with Crippen LogP contribution in [0.2, 0.25) is 5.02 Å². The van der Waals surface area contributed by atoms with Crippen LogP contribution >= 0.6 is 11.6 Å². The predicted octanol–water partition coefficient (Wildman–Crippen LogP) is 3.14. The van der Waals surface area contributed by atoms with E-state index in [4.69, 9.17) is 11.6 Å². The van der Waals surface area contributed by atoms with Gasteiger partial charge in [0.25, 0.3) is 0 Å². The zero-order chi connectivity index (χ0) is 13.8. The minimum absolute atomic E-state index is 0.0437. The Morgan fingerprint density at radius 3 is 2.79 bits per heavy atom. The van der Waals surface area contributed by atoms with Gasteiger partial charge in [0, 0.05) is 12.6 Å². The second-order valence-corrected chi connectivity index (χ2v) is 5.27. The highest BCUT2D eigenvalue weighted by Gasteiger charge is 2.21. The number of anilines is 1. The number of para-hydroxylation sites is 1. The third kappa shape index (κ3) is 3.36. The summed E-state index contributed by atoms with van der Waals surface area (Å²) in [6.45, 7) is 5.04. The second kappa shape index (κ2) is 6.21. The van der Waals surface area contributed by atoms with E-state index in [-0.39, 0.29) is 10.7 Å². The molecule has 6 heteroatoms. The van der Waals surface area contributed by atoms with Crippen LogP contribution in [0.3, 0.4) is 0 Å². The summed E-state index contributed by atoms with van der Waals surface area (Å²) >= 11 is 5.87. The van der Waals surface area contributed by atoms with Crippen molar-refractivity contribution < 1.29 is 4.92 Å². The highest BCUT2D eigenvalue weighted by molar-refractivity contribution is 6.33. The van der Waals surface area contributed by atoms with Crippen molar-refractivity contribution in [2.45, 2.75) is 25.8 Å². The standard InChI is InChI=1S/C13H18ClN3O2/c1-10(16-7-2-3-8-16)9-15-12-6-4-5-11(14)13(12)17(18)19/h4-6,10,15H,2-3,7-9H2,1H3. The smallest absolute Gasteiger partial charge is 0.310 e. The third-order valence-corrected chi connectivity index (χ3v) is 3.83. The maximum absolute atomic E-state index is 11.0. The number of benzene rings is 1. The van der Waals surface area contributed by atoms with E-state index in [1.807, 2.05) is 0 Å². The molecule has 1 saturated heterocycles. The fourth-order valence-corrected chi connectivity index (χ4v) is 2.66. The van der Waals surface area contributed by atoms with E-state index in [0.29, 0.717) is 18.3 Å². The van der Waals surface area contributed by atoms with Gasteiger partial charge >= 0.3 is 5.69 Å². The summed E-state index contributed by atoms with van der Waals surface area (Å²) in [5.74, 6) is 0. The Labute approximate surface area is 117 Å². The molecule has 1 heterocycles. The minimum atomic E-state index is -0.439. The first kappa shape index (κ1) is 14.1. The molecule has 2 rings (SSSR count). The molecule has 1 aliphatic heterocycles. The van der Waals surface area contributed by atoms with E-state index < -0.39 is 4.92 Å². The lowest BCUT2D eigenvalue weighted by atomic mass is 10.2. The molecule has 1 unspecified atom stereocenters. The molecule has 1 N–H and O–H groups in total. The molecule has 0 spiro atoms. The van der Waals surface area contributed by atoms with Gasteiger partial charge in [0.05, 0.1) is 4.92 Å². The number of hydrogen-bond acceptors (Lipinski definition) is 4. The van der Waals surface area contributed by atoms with Gasteiger partial charge in [-0.2, -0.15) is 0 Å². The minimum Gasteiger partial charge on any atom is -0.378 e. The molecule has 0 amide bonds. The Hall–Kier alpha value is -1.33. The number of hydrogen-bond donors (Lipinski definition) is 1. The van der Waals surface area contributed by atoms with Crippen LogP contribution in [0.5, 0.6) is 0 Å². The van der Waals surface area contributed by atoms with Crippen LogP contribution in [0.15, 0.2) is 18.2 Å². The van der Waals surface area contributed by atoms with E-state index in [9.17, 15) is 10.1 Å². The van der Waals surface area contributed by atoms with Gasteiger partial charge in [-0.25, -0.2) is 0 Å². The average molecular weight is 284 g/mol. The van der Waals surface area contributed by atoms with Crippen LogP contribution < -0.4 is 5.32 Å². The average Bonchev–Trinajstić information content (AvgIpc) is 2.89. The number of rotatable bonds is 5. The number of likely N-dealkylation sites (tertiary alicyclic amines) is 1. The van der Waals surface area contributed by atoms with Crippen molar-refractivity contribution in [2.75, 3.05) is 25.0 Å². The number of nitrogens with one attached hydrogen (secondary N) is 1. The normalized spacial score (nSPS) is 17.4. The van der Waals surface area contributed by atoms with Crippen LogP contribution in [0.4, 0.5) is 11.4 Å². The van der Waals surface area contributed by atoms with Gasteiger partial charge in [-0.1, -0.05) is 17.7 Å². The fourth-order valence-electron chi connectivity index (χ4n) is 2.41. The molecule has 0 bridgehead atoms. The molecule has 1 atom stereocenters. The van der Waals surface area contributed by atoms with Gasteiger partial charge in [-0.15, -0.1) is 0 Å². The Morgan fingerprint density at radius 1 is 1.47 bits per heavy atom. The van der Waals surface area contributed by atoms with Gasteiger partial charge in [-0.3, -0.25) is 15.0 Å². The highest BCUT2D eigenvalue weighted by Crippen LogP contribution is 2.32. The summed E-state index contributed by atoms with van der Waals surface area (Å²) in [6.07, 6.45) is 2.48. The van der Waals surface area contributed by atoms with Crippen molar-refractivity contribution in [2.24, 2.45) is 0 Å². The highest BCUT2D eigenvalue weighted by atomic mass is 35.5. The third-order valence-electron chi connectivity index (χ3n) is 3.52.